The van der Waals surface area contributed by atoms with Gasteiger partial charge < -0.3 is 19.9 Å². The maximum absolute atomic E-state index is 12.8. The molecule has 0 bridgehead atoms. The van der Waals surface area contributed by atoms with Gasteiger partial charge in [-0.1, -0.05) is 36.2 Å². The molecule has 6 nitrogen and oxygen atoms in total. The molecule has 1 aliphatic rings. The lowest BCUT2D eigenvalue weighted by Gasteiger charge is -2.36. The standard InChI is InChI=1S/C20H24Cl2N4O2/c1-4-14-12-17(19(28-3)23-13(14)2)24-20(27)26-10-8-25(9-11-26)18-15(21)6-5-7-16(18)22/h5-7,12H,4,8-11H2,1-3H3,(H,24,27). The minimum absolute atomic E-state index is 0.170. The molecular formula is C20H24Cl2N4O2. The monoisotopic (exact) mass is 422 g/mol. The number of hydrogen-bond acceptors (Lipinski definition) is 4. The molecule has 2 amide bonds. The number of hydrogen-bond donors (Lipinski definition) is 1. The lowest BCUT2D eigenvalue weighted by atomic mass is 10.1. The smallest absolute Gasteiger partial charge is 0.322 e. The predicted molar refractivity (Wildman–Crippen MR) is 114 cm³/mol. The molecule has 0 radical (unpaired) electrons. The van der Waals surface area contributed by atoms with E-state index in [1.165, 1.54) is 0 Å². The van der Waals surface area contributed by atoms with Crippen molar-refractivity contribution in [1.29, 1.82) is 0 Å². The van der Waals surface area contributed by atoms with Gasteiger partial charge in [0.1, 0.15) is 5.69 Å². The van der Waals surface area contributed by atoms with Crippen molar-refractivity contribution in [3.8, 4) is 5.88 Å². The number of aromatic nitrogens is 1. The minimum Gasteiger partial charge on any atom is -0.480 e. The van der Waals surface area contributed by atoms with Crippen molar-refractivity contribution in [2.45, 2.75) is 20.3 Å². The Morgan fingerprint density at radius 2 is 1.86 bits per heavy atom. The molecule has 1 fully saturated rings. The van der Waals surface area contributed by atoms with E-state index in [2.05, 4.69) is 22.1 Å². The average molecular weight is 423 g/mol. The van der Waals surface area contributed by atoms with Crippen molar-refractivity contribution in [2.75, 3.05) is 43.5 Å². The molecule has 8 heteroatoms. The fourth-order valence-corrected chi connectivity index (χ4v) is 3.98. The van der Waals surface area contributed by atoms with Gasteiger partial charge in [-0.05, 0) is 37.1 Å². The lowest BCUT2D eigenvalue weighted by Crippen LogP contribution is -2.50. The van der Waals surface area contributed by atoms with Gasteiger partial charge in [0.2, 0.25) is 5.88 Å². The second kappa shape index (κ2) is 8.88. The molecule has 2 aromatic rings. The number of nitrogens with one attached hydrogen (secondary N) is 1. The number of aryl methyl sites for hydroxylation is 2. The number of anilines is 2. The highest BCUT2D eigenvalue weighted by molar-refractivity contribution is 6.39. The van der Waals surface area contributed by atoms with E-state index < -0.39 is 0 Å². The van der Waals surface area contributed by atoms with Crippen LogP contribution in [0.3, 0.4) is 0 Å². The van der Waals surface area contributed by atoms with Crippen LogP contribution in [0, 0.1) is 6.92 Å². The zero-order valence-electron chi connectivity index (χ0n) is 16.3. The van der Waals surface area contributed by atoms with Crippen LogP contribution in [0.2, 0.25) is 10.0 Å². The maximum Gasteiger partial charge on any atom is 0.322 e. The third-order valence-electron chi connectivity index (χ3n) is 4.92. The molecule has 28 heavy (non-hydrogen) atoms. The normalized spacial score (nSPS) is 14.2. The number of ether oxygens (including phenoxy) is 1. The van der Waals surface area contributed by atoms with Gasteiger partial charge in [0, 0.05) is 31.9 Å². The number of amides is 2. The SMILES string of the molecule is CCc1cc(NC(=O)N2CCN(c3c(Cl)cccc3Cl)CC2)c(OC)nc1C. The van der Waals surface area contributed by atoms with Crippen LogP contribution < -0.4 is 15.0 Å². The highest BCUT2D eigenvalue weighted by Gasteiger charge is 2.24. The van der Waals surface area contributed by atoms with E-state index in [4.69, 9.17) is 27.9 Å². The molecule has 0 saturated carbocycles. The molecule has 1 aromatic carbocycles. The first-order valence-corrected chi connectivity index (χ1v) is 9.99. The molecule has 1 saturated heterocycles. The number of urea groups is 1. The van der Waals surface area contributed by atoms with Crippen molar-refractivity contribution in [1.82, 2.24) is 9.88 Å². The second-order valence-corrected chi connectivity index (χ2v) is 7.43. The van der Waals surface area contributed by atoms with Gasteiger partial charge >= 0.3 is 6.03 Å². The number of halogens is 2. The van der Waals surface area contributed by atoms with Crippen molar-refractivity contribution in [3.63, 3.8) is 0 Å². The number of carbonyl (C=O) groups excluding carboxylic acids is 1. The third kappa shape index (κ3) is 4.28. The Hall–Kier alpha value is -2.18. The summed E-state index contributed by atoms with van der Waals surface area (Å²) in [7, 11) is 1.55. The van der Waals surface area contributed by atoms with Crippen molar-refractivity contribution < 1.29 is 9.53 Å². The van der Waals surface area contributed by atoms with Gasteiger partial charge in [-0.15, -0.1) is 0 Å². The van der Waals surface area contributed by atoms with Gasteiger partial charge in [-0.25, -0.2) is 9.78 Å². The number of piperazine rings is 1. The fraction of sp³-hybridized carbons (Fsp3) is 0.400. The molecule has 0 unspecified atom stereocenters. The van der Waals surface area contributed by atoms with Crippen molar-refractivity contribution in [2.24, 2.45) is 0 Å². The number of methoxy groups -OCH3 is 1. The molecule has 1 N–H and O–H groups in total. The van der Waals surface area contributed by atoms with Gasteiger partial charge in [0.15, 0.2) is 0 Å². The molecule has 2 heterocycles. The van der Waals surface area contributed by atoms with Gasteiger partial charge in [0.05, 0.1) is 22.8 Å². The van der Waals surface area contributed by atoms with Gasteiger partial charge in [-0.3, -0.25) is 0 Å². The summed E-state index contributed by atoms with van der Waals surface area (Å²) in [6.07, 6.45) is 0.836. The molecule has 150 valence electrons. The lowest BCUT2D eigenvalue weighted by molar-refractivity contribution is 0.208. The highest BCUT2D eigenvalue weighted by atomic mass is 35.5. The summed E-state index contributed by atoms with van der Waals surface area (Å²) in [6, 6.07) is 7.23. The summed E-state index contributed by atoms with van der Waals surface area (Å²) in [5.41, 5.74) is 3.39. The summed E-state index contributed by atoms with van der Waals surface area (Å²) >= 11 is 12.6. The van der Waals surface area contributed by atoms with E-state index in [1.807, 2.05) is 31.2 Å². The van der Waals surface area contributed by atoms with E-state index in [1.54, 1.807) is 12.0 Å². The number of carbonyl (C=O) groups is 1. The van der Waals surface area contributed by atoms with E-state index >= 15 is 0 Å². The van der Waals surface area contributed by atoms with Crippen molar-refractivity contribution >= 4 is 40.6 Å². The zero-order valence-corrected chi connectivity index (χ0v) is 17.8. The summed E-state index contributed by atoms with van der Waals surface area (Å²) < 4.78 is 5.33. The Morgan fingerprint density at radius 1 is 1.21 bits per heavy atom. The van der Waals surface area contributed by atoms with Crippen LogP contribution in [0.4, 0.5) is 16.2 Å². The maximum atomic E-state index is 12.8. The number of pyridine rings is 1. The first-order chi connectivity index (χ1) is 13.4. The zero-order chi connectivity index (χ0) is 20.3. The fourth-order valence-electron chi connectivity index (χ4n) is 3.35. The van der Waals surface area contributed by atoms with Gasteiger partial charge in [-0.2, -0.15) is 0 Å². The third-order valence-corrected chi connectivity index (χ3v) is 5.53. The van der Waals surface area contributed by atoms with Crippen LogP contribution in [0.5, 0.6) is 5.88 Å². The second-order valence-electron chi connectivity index (χ2n) is 6.62. The quantitative estimate of drug-likeness (QED) is 0.780. The summed E-state index contributed by atoms with van der Waals surface area (Å²) in [6.45, 7) is 6.43. The number of rotatable bonds is 4. The van der Waals surface area contributed by atoms with Crippen LogP contribution in [0.1, 0.15) is 18.2 Å². The molecule has 1 aliphatic heterocycles. The molecule has 0 aliphatic carbocycles. The van der Waals surface area contributed by atoms with Crippen molar-refractivity contribution in [3.05, 3.63) is 45.6 Å². The minimum atomic E-state index is -0.170. The van der Waals surface area contributed by atoms with Crippen LogP contribution in [0.15, 0.2) is 24.3 Å². The summed E-state index contributed by atoms with van der Waals surface area (Å²) in [5.74, 6) is 0.421. The van der Waals surface area contributed by atoms with Crippen LogP contribution in [-0.4, -0.2) is 49.2 Å². The largest absolute Gasteiger partial charge is 0.480 e. The Bertz CT molecular complexity index is 847. The van der Waals surface area contributed by atoms with Crippen LogP contribution in [-0.2, 0) is 6.42 Å². The highest BCUT2D eigenvalue weighted by Crippen LogP contribution is 2.34. The molecule has 3 rings (SSSR count). The number of benzene rings is 1. The summed E-state index contributed by atoms with van der Waals surface area (Å²) in [4.78, 5) is 21.1. The molecule has 1 aromatic heterocycles. The van der Waals surface area contributed by atoms with Crippen LogP contribution in [0.25, 0.3) is 0 Å². The topological polar surface area (TPSA) is 57.7 Å². The Morgan fingerprint density at radius 3 is 2.43 bits per heavy atom. The van der Waals surface area contributed by atoms with E-state index in [-0.39, 0.29) is 6.03 Å². The molecule has 0 atom stereocenters. The predicted octanol–water partition coefficient (Wildman–Crippen LogP) is 4.62. The molecule has 0 spiro atoms. The average Bonchev–Trinajstić information content (AvgIpc) is 2.69. The van der Waals surface area contributed by atoms with E-state index in [0.717, 1.165) is 23.4 Å². The molecular weight excluding hydrogens is 399 g/mol. The van der Waals surface area contributed by atoms with E-state index in [0.29, 0.717) is 47.8 Å². The Kier molecular flexibility index (Phi) is 6.52. The Balaban J connectivity index is 1.68. The first kappa shape index (κ1) is 20.6. The van der Waals surface area contributed by atoms with Crippen LogP contribution >= 0.6 is 23.2 Å². The van der Waals surface area contributed by atoms with Gasteiger partial charge in [0.25, 0.3) is 0 Å². The number of nitrogens with zero attached hydrogens (tertiary/aromatic N) is 3. The Labute approximate surface area is 175 Å². The first-order valence-electron chi connectivity index (χ1n) is 9.24. The van der Waals surface area contributed by atoms with E-state index in [9.17, 15) is 4.79 Å². The summed E-state index contributed by atoms with van der Waals surface area (Å²) in [5, 5.41) is 4.18. The number of para-hydroxylation sites is 1.